The second-order valence-electron chi connectivity index (χ2n) is 4.64. The van der Waals surface area contributed by atoms with Gasteiger partial charge in [0.25, 0.3) is 0 Å². The third-order valence-electron chi connectivity index (χ3n) is 3.28. The molecule has 0 bridgehead atoms. The minimum Gasteiger partial charge on any atom is -0.367 e. The molecule has 0 atom stereocenters. The Labute approximate surface area is 117 Å². The van der Waals surface area contributed by atoms with Crippen molar-refractivity contribution in [2.24, 2.45) is 0 Å². The highest BCUT2D eigenvalue weighted by molar-refractivity contribution is 7.99. The largest absolute Gasteiger partial charge is 0.367 e. The first-order valence-corrected chi connectivity index (χ1v) is 7.56. The van der Waals surface area contributed by atoms with Crippen molar-refractivity contribution < 1.29 is 4.74 Å². The summed E-state index contributed by atoms with van der Waals surface area (Å²) in [7, 11) is 0. The van der Waals surface area contributed by atoms with Crippen LogP contribution in [0.4, 0.5) is 0 Å². The Bertz CT molecular complexity index is 510. The van der Waals surface area contributed by atoms with Gasteiger partial charge in [-0.2, -0.15) is 0 Å². The van der Waals surface area contributed by atoms with Crippen molar-refractivity contribution in [1.29, 1.82) is 0 Å². The molecule has 100 valence electrons. The second kappa shape index (κ2) is 6.21. The fourth-order valence-corrected chi connectivity index (χ4v) is 2.74. The summed E-state index contributed by atoms with van der Waals surface area (Å²) in [6.45, 7) is 0.757. The molecule has 3 rings (SSSR count). The molecule has 0 aliphatic heterocycles. The highest BCUT2D eigenvalue weighted by Gasteiger charge is 2.17. The zero-order valence-corrected chi connectivity index (χ0v) is 11.6. The number of rotatable bonds is 6. The van der Waals surface area contributed by atoms with E-state index >= 15 is 0 Å². The van der Waals surface area contributed by atoms with Crippen molar-refractivity contribution in [3.05, 3.63) is 42.5 Å². The van der Waals surface area contributed by atoms with Crippen LogP contribution in [0.5, 0.6) is 0 Å². The van der Waals surface area contributed by atoms with Gasteiger partial charge in [0.15, 0.2) is 5.16 Å². The Hall–Kier alpha value is -1.33. The molecule has 2 aromatic rings. The van der Waals surface area contributed by atoms with Crippen LogP contribution in [0.2, 0.25) is 0 Å². The highest BCUT2D eigenvalue weighted by Crippen LogP contribution is 2.25. The highest BCUT2D eigenvalue weighted by atomic mass is 32.2. The Morgan fingerprint density at radius 1 is 1.26 bits per heavy atom. The van der Waals surface area contributed by atoms with Crippen LogP contribution in [0.15, 0.2) is 41.9 Å². The maximum Gasteiger partial charge on any atom is 0.170 e. The lowest BCUT2D eigenvalue weighted by Crippen LogP contribution is -2.21. The van der Waals surface area contributed by atoms with Crippen LogP contribution in [0.3, 0.4) is 0 Å². The predicted molar refractivity (Wildman–Crippen MR) is 75.0 cm³/mol. The minimum absolute atomic E-state index is 0.478. The summed E-state index contributed by atoms with van der Waals surface area (Å²) in [6, 6.07) is 5.96. The fourth-order valence-electron chi connectivity index (χ4n) is 1.94. The van der Waals surface area contributed by atoms with Gasteiger partial charge in [0.2, 0.25) is 0 Å². The van der Waals surface area contributed by atoms with E-state index in [0.29, 0.717) is 12.0 Å². The molecule has 1 saturated carbocycles. The first-order valence-electron chi connectivity index (χ1n) is 6.57. The van der Waals surface area contributed by atoms with Gasteiger partial charge < -0.3 is 9.30 Å². The SMILES string of the molecule is c1ccc(Cn2ccnc2SCOC2CCC2)nc1. The van der Waals surface area contributed by atoms with Crippen molar-refractivity contribution in [3.63, 3.8) is 0 Å². The average molecular weight is 275 g/mol. The summed E-state index contributed by atoms with van der Waals surface area (Å²) in [4.78, 5) is 8.71. The number of hydrogen-bond acceptors (Lipinski definition) is 4. The van der Waals surface area contributed by atoms with E-state index in [4.69, 9.17) is 4.74 Å². The summed E-state index contributed by atoms with van der Waals surface area (Å²) in [6.07, 6.45) is 9.84. The van der Waals surface area contributed by atoms with E-state index in [1.165, 1.54) is 19.3 Å². The van der Waals surface area contributed by atoms with Gasteiger partial charge in [-0.25, -0.2) is 4.98 Å². The smallest absolute Gasteiger partial charge is 0.170 e. The Morgan fingerprint density at radius 2 is 2.21 bits per heavy atom. The molecule has 0 unspecified atom stereocenters. The zero-order chi connectivity index (χ0) is 12.9. The molecule has 1 aliphatic carbocycles. The molecule has 0 radical (unpaired) electrons. The van der Waals surface area contributed by atoms with Gasteiger partial charge in [0.1, 0.15) is 5.94 Å². The van der Waals surface area contributed by atoms with Crippen LogP contribution in [0.25, 0.3) is 0 Å². The van der Waals surface area contributed by atoms with Gasteiger partial charge in [-0.15, -0.1) is 0 Å². The number of hydrogen-bond donors (Lipinski definition) is 0. The molecule has 0 aromatic carbocycles. The Balaban J connectivity index is 1.55. The van der Waals surface area contributed by atoms with Crippen LogP contribution in [-0.4, -0.2) is 26.6 Å². The van der Waals surface area contributed by atoms with Crippen molar-refractivity contribution >= 4 is 11.8 Å². The molecule has 0 saturated heterocycles. The number of thioether (sulfide) groups is 1. The van der Waals surface area contributed by atoms with Gasteiger partial charge in [-0.05, 0) is 31.4 Å². The Morgan fingerprint density at radius 3 is 2.95 bits per heavy atom. The van der Waals surface area contributed by atoms with E-state index in [1.54, 1.807) is 11.8 Å². The summed E-state index contributed by atoms with van der Waals surface area (Å²) in [5.41, 5.74) is 1.04. The topological polar surface area (TPSA) is 39.9 Å². The van der Waals surface area contributed by atoms with E-state index in [1.807, 2.05) is 36.8 Å². The second-order valence-corrected chi connectivity index (χ2v) is 5.53. The van der Waals surface area contributed by atoms with E-state index in [9.17, 15) is 0 Å². The summed E-state index contributed by atoms with van der Waals surface area (Å²) >= 11 is 1.65. The average Bonchev–Trinajstić information content (AvgIpc) is 2.81. The van der Waals surface area contributed by atoms with Gasteiger partial charge in [0, 0.05) is 18.6 Å². The van der Waals surface area contributed by atoms with Gasteiger partial charge >= 0.3 is 0 Å². The van der Waals surface area contributed by atoms with E-state index in [-0.39, 0.29) is 0 Å². The predicted octanol–water partition coefficient (Wildman–Crippen LogP) is 2.95. The standard InChI is InChI=1S/C14H17N3OS/c1-2-7-15-12(4-1)10-17-9-8-16-14(17)19-11-18-13-5-3-6-13/h1-2,4,7-9,13H,3,5-6,10-11H2. The molecular weight excluding hydrogens is 258 g/mol. The minimum atomic E-state index is 0.478. The summed E-state index contributed by atoms with van der Waals surface area (Å²) < 4.78 is 7.86. The number of aromatic nitrogens is 3. The normalized spacial score (nSPS) is 15.4. The maximum absolute atomic E-state index is 5.75. The fraction of sp³-hybridized carbons (Fsp3) is 0.429. The van der Waals surface area contributed by atoms with Crippen molar-refractivity contribution in [2.45, 2.75) is 37.1 Å². The van der Waals surface area contributed by atoms with Crippen LogP contribution < -0.4 is 0 Å². The lowest BCUT2D eigenvalue weighted by atomic mass is 9.96. The lowest BCUT2D eigenvalue weighted by Gasteiger charge is -2.25. The van der Waals surface area contributed by atoms with Gasteiger partial charge in [0.05, 0.1) is 18.3 Å². The van der Waals surface area contributed by atoms with E-state index in [0.717, 1.165) is 17.4 Å². The van der Waals surface area contributed by atoms with Crippen LogP contribution in [-0.2, 0) is 11.3 Å². The van der Waals surface area contributed by atoms with E-state index in [2.05, 4.69) is 14.5 Å². The van der Waals surface area contributed by atoms with Crippen molar-refractivity contribution in [2.75, 3.05) is 5.94 Å². The quantitative estimate of drug-likeness (QED) is 0.600. The number of pyridine rings is 1. The summed E-state index contributed by atoms with van der Waals surface area (Å²) in [5.74, 6) is 0.684. The van der Waals surface area contributed by atoms with Gasteiger partial charge in [-0.1, -0.05) is 17.8 Å². The number of imidazole rings is 1. The molecule has 0 N–H and O–H groups in total. The first kappa shape index (κ1) is 12.7. The van der Waals surface area contributed by atoms with Crippen LogP contribution in [0, 0.1) is 0 Å². The molecule has 5 heteroatoms. The van der Waals surface area contributed by atoms with Crippen LogP contribution >= 0.6 is 11.8 Å². The molecular formula is C14H17N3OS. The molecule has 19 heavy (non-hydrogen) atoms. The third kappa shape index (κ3) is 3.36. The molecule has 0 spiro atoms. The molecule has 2 heterocycles. The van der Waals surface area contributed by atoms with Gasteiger partial charge in [-0.3, -0.25) is 4.98 Å². The van der Waals surface area contributed by atoms with Crippen molar-refractivity contribution in [1.82, 2.24) is 14.5 Å². The summed E-state index contributed by atoms with van der Waals surface area (Å²) in [5, 5.41) is 0.991. The monoisotopic (exact) mass is 275 g/mol. The first-order chi connectivity index (χ1) is 9.42. The number of nitrogens with zero attached hydrogens (tertiary/aromatic N) is 3. The zero-order valence-electron chi connectivity index (χ0n) is 10.7. The van der Waals surface area contributed by atoms with Crippen molar-refractivity contribution in [3.8, 4) is 0 Å². The third-order valence-corrected chi connectivity index (χ3v) is 4.13. The molecule has 1 aliphatic rings. The molecule has 4 nitrogen and oxygen atoms in total. The molecule has 2 aromatic heterocycles. The molecule has 1 fully saturated rings. The molecule has 0 amide bonds. The van der Waals surface area contributed by atoms with E-state index < -0.39 is 0 Å². The van der Waals surface area contributed by atoms with Crippen LogP contribution in [0.1, 0.15) is 25.0 Å². The number of ether oxygens (including phenoxy) is 1. The maximum atomic E-state index is 5.75. The Kier molecular flexibility index (Phi) is 4.15. The lowest BCUT2D eigenvalue weighted by molar-refractivity contribution is 0.0312.